The van der Waals surface area contributed by atoms with Gasteiger partial charge in [-0.3, -0.25) is 0 Å². The van der Waals surface area contributed by atoms with Gasteiger partial charge in [0.2, 0.25) is 0 Å². The average molecular weight is 291 g/mol. The first-order chi connectivity index (χ1) is 7.59. The summed E-state index contributed by atoms with van der Waals surface area (Å²) in [5.74, 6) is -0.592. The van der Waals surface area contributed by atoms with Crippen LogP contribution in [0.3, 0.4) is 0 Å². The van der Waals surface area contributed by atoms with E-state index in [-0.39, 0.29) is 22.7 Å². The molecule has 1 aromatic carbocycles. The number of ether oxygens (including phenoxy) is 1. The fourth-order valence-electron chi connectivity index (χ4n) is 2.09. The smallest absolute Gasteiger partial charge is 0.127 e. The van der Waals surface area contributed by atoms with E-state index in [9.17, 15) is 8.78 Å². The lowest BCUT2D eigenvalue weighted by atomic mass is 9.93. The third kappa shape index (κ3) is 2.28. The van der Waals surface area contributed by atoms with Crippen molar-refractivity contribution in [1.82, 2.24) is 0 Å². The predicted molar refractivity (Wildman–Crippen MR) is 61.5 cm³/mol. The third-order valence-corrected chi connectivity index (χ3v) is 4.24. The topological polar surface area (TPSA) is 9.23 Å². The minimum absolute atomic E-state index is 0.0760. The standard InChI is InChI=1S/C12H13BrF2O/c1-7-9(4-5-16-7)12(13)10-6-8(14)2-3-11(10)15/h2-3,6-7,9,12H,4-5H2,1H3. The molecule has 16 heavy (non-hydrogen) atoms. The molecule has 0 radical (unpaired) electrons. The van der Waals surface area contributed by atoms with Gasteiger partial charge in [-0.2, -0.15) is 0 Å². The molecule has 3 unspecified atom stereocenters. The molecular formula is C12H13BrF2O. The number of hydrogen-bond donors (Lipinski definition) is 0. The summed E-state index contributed by atoms with van der Waals surface area (Å²) in [5, 5.41) is 0. The van der Waals surface area contributed by atoms with Gasteiger partial charge >= 0.3 is 0 Å². The van der Waals surface area contributed by atoms with Crippen molar-refractivity contribution in [3.8, 4) is 0 Å². The maximum atomic E-state index is 13.6. The molecule has 0 aromatic heterocycles. The van der Waals surface area contributed by atoms with Crippen molar-refractivity contribution in [1.29, 1.82) is 0 Å². The first-order valence-corrected chi connectivity index (χ1v) is 6.22. The summed E-state index contributed by atoms with van der Waals surface area (Å²) in [5.41, 5.74) is 0.377. The van der Waals surface area contributed by atoms with E-state index < -0.39 is 5.82 Å². The van der Waals surface area contributed by atoms with E-state index in [4.69, 9.17) is 4.74 Å². The molecule has 0 N–H and O–H groups in total. The van der Waals surface area contributed by atoms with Gasteiger partial charge in [0.1, 0.15) is 11.6 Å². The Balaban J connectivity index is 2.25. The van der Waals surface area contributed by atoms with Crippen LogP contribution in [0.4, 0.5) is 8.78 Å². The highest BCUT2D eigenvalue weighted by Gasteiger charge is 2.32. The predicted octanol–water partition coefficient (Wildman–Crippen LogP) is 3.83. The number of halogens is 3. The van der Waals surface area contributed by atoms with Gasteiger partial charge in [-0.05, 0) is 31.5 Å². The van der Waals surface area contributed by atoms with Crippen LogP contribution in [0.1, 0.15) is 23.7 Å². The Morgan fingerprint density at radius 2 is 2.19 bits per heavy atom. The van der Waals surface area contributed by atoms with Crippen LogP contribution in [-0.4, -0.2) is 12.7 Å². The molecule has 88 valence electrons. The number of rotatable bonds is 2. The quantitative estimate of drug-likeness (QED) is 0.753. The Morgan fingerprint density at radius 1 is 1.44 bits per heavy atom. The molecule has 1 aromatic rings. The van der Waals surface area contributed by atoms with Crippen LogP contribution in [0, 0.1) is 17.6 Å². The van der Waals surface area contributed by atoms with Gasteiger partial charge in [-0.1, -0.05) is 15.9 Å². The molecule has 3 atom stereocenters. The Labute approximate surface area is 102 Å². The second-order valence-corrected chi connectivity index (χ2v) is 5.08. The van der Waals surface area contributed by atoms with Gasteiger partial charge in [0.05, 0.1) is 6.10 Å². The molecule has 0 bridgehead atoms. The molecule has 1 heterocycles. The van der Waals surface area contributed by atoms with Gasteiger partial charge in [0, 0.05) is 22.9 Å². The Bertz CT molecular complexity index is 383. The zero-order valence-corrected chi connectivity index (χ0v) is 10.5. The zero-order chi connectivity index (χ0) is 11.7. The maximum Gasteiger partial charge on any atom is 0.127 e. The molecule has 1 aliphatic rings. The van der Waals surface area contributed by atoms with Crippen molar-refractivity contribution >= 4 is 15.9 Å². The van der Waals surface area contributed by atoms with Crippen molar-refractivity contribution in [3.05, 3.63) is 35.4 Å². The van der Waals surface area contributed by atoms with Gasteiger partial charge in [0.15, 0.2) is 0 Å². The fourth-order valence-corrected chi connectivity index (χ4v) is 3.13. The summed E-state index contributed by atoms with van der Waals surface area (Å²) in [6, 6.07) is 3.55. The van der Waals surface area contributed by atoms with E-state index in [0.717, 1.165) is 12.5 Å². The third-order valence-electron chi connectivity index (χ3n) is 3.07. The molecule has 0 spiro atoms. The minimum atomic E-state index is -0.410. The molecule has 0 amide bonds. The lowest BCUT2D eigenvalue weighted by Gasteiger charge is -2.21. The Kier molecular flexibility index (Phi) is 3.60. The van der Waals surface area contributed by atoms with Crippen LogP contribution >= 0.6 is 15.9 Å². The second kappa shape index (κ2) is 4.80. The fraction of sp³-hybridized carbons (Fsp3) is 0.500. The summed E-state index contributed by atoms with van der Waals surface area (Å²) in [6.45, 7) is 2.65. The van der Waals surface area contributed by atoms with Crippen LogP contribution in [0.2, 0.25) is 0 Å². The monoisotopic (exact) mass is 290 g/mol. The number of benzene rings is 1. The lowest BCUT2D eigenvalue weighted by Crippen LogP contribution is -2.17. The van der Waals surface area contributed by atoms with Gasteiger partial charge < -0.3 is 4.74 Å². The van der Waals surface area contributed by atoms with Crippen molar-refractivity contribution in [2.24, 2.45) is 5.92 Å². The van der Waals surface area contributed by atoms with Gasteiger partial charge in [0.25, 0.3) is 0 Å². The molecule has 1 aliphatic heterocycles. The summed E-state index contributed by atoms with van der Waals surface area (Å²) >= 11 is 3.45. The molecule has 1 saturated heterocycles. The normalized spacial score (nSPS) is 27.0. The van der Waals surface area contributed by atoms with Crippen LogP contribution in [0.5, 0.6) is 0 Å². The highest BCUT2D eigenvalue weighted by atomic mass is 79.9. The summed E-state index contributed by atoms with van der Waals surface area (Å²) in [6.07, 6.45) is 0.944. The highest BCUT2D eigenvalue weighted by Crippen LogP contribution is 2.40. The van der Waals surface area contributed by atoms with Crippen LogP contribution in [0.15, 0.2) is 18.2 Å². The van der Waals surface area contributed by atoms with Crippen molar-refractivity contribution in [3.63, 3.8) is 0 Å². The van der Waals surface area contributed by atoms with Crippen molar-refractivity contribution in [2.45, 2.75) is 24.3 Å². The van der Waals surface area contributed by atoms with Gasteiger partial charge in [-0.25, -0.2) is 8.78 Å². The zero-order valence-electron chi connectivity index (χ0n) is 8.92. The Hall–Kier alpha value is -0.480. The molecular weight excluding hydrogens is 278 g/mol. The molecule has 1 fully saturated rings. The first kappa shape index (κ1) is 12.0. The summed E-state index contributed by atoms with van der Waals surface area (Å²) in [7, 11) is 0. The highest BCUT2D eigenvalue weighted by molar-refractivity contribution is 9.09. The SMILES string of the molecule is CC1OCCC1C(Br)c1cc(F)ccc1F. The maximum absolute atomic E-state index is 13.6. The van der Waals surface area contributed by atoms with Crippen LogP contribution in [-0.2, 0) is 4.74 Å². The Morgan fingerprint density at radius 3 is 2.81 bits per heavy atom. The minimum Gasteiger partial charge on any atom is -0.378 e. The summed E-state index contributed by atoms with van der Waals surface area (Å²) in [4.78, 5) is -0.194. The molecule has 2 rings (SSSR count). The second-order valence-electron chi connectivity index (χ2n) is 4.10. The number of hydrogen-bond acceptors (Lipinski definition) is 1. The molecule has 4 heteroatoms. The van der Waals surface area contributed by atoms with E-state index in [2.05, 4.69) is 15.9 Å². The van der Waals surface area contributed by atoms with Crippen LogP contribution < -0.4 is 0 Å². The molecule has 0 saturated carbocycles. The van der Waals surface area contributed by atoms with Gasteiger partial charge in [-0.15, -0.1) is 0 Å². The van der Waals surface area contributed by atoms with E-state index >= 15 is 0 Å². The van der Waals surface area contributed by atoms with E-state index in [1.807, 2.05) is 6.92 Å². The molecule has 1 nitrogen and oxygen atoms in total. The average Bonchev–Trinajstić information content (AvgIpc) is 2.67. The largest absolute Gasteiger partial charge is 0.378 e. The van der Waals surface area contributed by atoms with Crippen molar-refractivity contribution < 1.29 is 13.5 Å². The number of alkyl halides is 1. The van der Waals surface area contributed by atoms with Crippen LogP contribution in [0.25, 0.3) is 0 Å². The molecule has 0 aliphatic carbocycles. The lowest BCUT2D eigenvalue weighted by molar-refractivity contribution is 0.105. The van der Waals surface area contributed by atoms with E-state index in [1.54, 1.807) is 0 Å². The van der Waals surface area contributed by atoms with Crippen molar-refractivity contribution in [2.75, 3.05) is 6.61 Å². The first-order valence-electron chi connectivity index (χ1n) is 5.30. The summed E-state index contributed by atoms with van der Waals surface area (Å²) < 4.78 is 32.1. The van der Waals surface area contributed by atoms with E-state index in [0.29, 0.717) is 12.2 Å². The van der Waals surface area contributed by atoms with E-state index in [1.165, 1.54) is 12.1 Å².